The molecular weight excluding hydrogens is 196 g/mol. The minimum atomic E-state index is 0.811. The van der Waals surface area contributed by atoms with Crippen LogP contribution in [0.4, 0.5) is 0 Å². The van der Waals surface area contributed by atoms with Crippen LogP contribution >= 0.6 is 0 Å². The first-order valence-electron chi connectivity index (χ1n) is 6.20. The van der Waals surface area contributed by atoms with Gasteiger partial charge < -0.3 is 4.90 Å². The van der Waals surface area contributed by atoms with Crippen molar-refractivity contribution in [3.63, 3.8) is 0 Å². The molecule has 0 spiro atoms. The maximum Gasteiger partial charge on any atom is 0.0960 e. The Morgan fingerprint density at radius 2 is 1.81 bits per heavy atom. The highest BCUT2D eigenvalue weighted by Crippen LogP contribution is 2.15. The van der Waals surface area contributed by atoms with Crippen LogP contribution in [0.1, 0.15) is 37.3 Å². The Balaban J connectivity index is 1.99. The molecular formula is C14H20N2. The van der Waals surface area contributed by atoms with Crippen LogP contribution in [0, 0.1) is 5.41 Å². The fraction of sp³-hybridized carbons (Fsp3) is 0.500. The molecule has 0 bridgehead atoms. The third-order valence-electron chi connectivity index (χ3n) is 3.28. The molecule has 2 heteroatoms. The van der Waals surface area contributed by atoms with E-state index in [9.17, 15) is 0 Å². The van der Waals surface area contributed by atoms with Gasteiger partial charge in [0.25, 0.3) is 0 Å². The van der Waals surface area contributed by atoms with Crippen LogP contribution in [0.5, 0.6) is 0 Å². The normalized spacial score (nSPS) is 16.6. The quantitative estimate of drug-likeness (QED) is 0.825. The summed E-state index contributed by atoms with van der Waals surface area (Å²) in [6.07, 6.45) is 4.46. The van der Waals surface area contributed by atoms with Crippen LogP contribution in [0.25, 0.3) is 0 Å². The first kappa shape index (κ1) is 11.2. The van der Waals surface area contributed by atoms with Crippen molar-refractivity contribution in [2.24, 2.45) is 0 Å². The monoisotopic (exact) mass is 216 g/mol. The summed E-state index contributed by atoms with van der Waals surface area (Å²) in [5, 5.41) is 7.90. The number of hydrogen-bond acceptors (Lipinski definition) is 1. The highest BCUT2D eigenvalue weighted by molar-refractivity contribution is 5.79. The van der Waals surface area contributed by atoms with Gasteiger partial charge in [-0.3, -0.25) is 5.41 Å². The molecule has 2 nitrogen and oxygen atoms in total. The summed E-state index contributed by atoms with van der Waals surface area (Å²) in [7, 11) is 0. The molecule has 0 aliphatic carbocycles. The van der Waals surface area contributed by atoms with Crippen molar-refractivity contribution in [2.45, 2.75) is 39.2 Å². The zero-order valence-electron chi connectivity index (χ0n) is 10.00. The molecule has 0 unspecified atom stereocenters. The lowest BCUT2D eigenvalue weighted by Crippen LogP contribution is -2.34. The van der Waals surface area contributed by atoms with Crippen molar-refractivity contribution in [3.8, 4) is 0 Å². The van der Waals surface area contributed by atoms with Gasteiger partial charge in [-0.15, -0.1) is 0 Å². The number of amidine groups is 1. The van der Waals surface area contributed by atoms with Crippen LogP contribution in [-0.4, -0.2) is 17.3 Å². The average molecular weight is 216 g/mol. The Labute approximate surface area is 97.8 Å². The molecule has 1 saturated heterocycles. The molecule has 1 aliphatic rings. The van der Waals surface area contributed by atoms with Gasteiger partial charge in [-0.2, -0.15) is 0 Å². The number of aryl methyl sites for hydroxylation is 1. The van der Waals surface area contributed by atoms with Crippen molar-refractivity contribution in [2.75, 3.05) is 6.54 Å². The second kappa shape index (κ2) is 5.15. The molecule has 1 fully saturated rings. The van der Waals surface area contributed by atoms with Crippen LogP contribution in [0.2, 0.25) is 0 Å². The molecule has 0 radical (unpaired) electrons. The Morgan fingerprint density at radius 1 is 1.12 bits per heavy atom. The Hall–Kier alpha value is -1.31. The summed E-state index contributed by atoms with van der Waals surface area (Å²) in [6, 6.07) is 8.78. The van der Waals surface area contributed by atoms with E-state index < -0.39 is 0 Å². The van der Waals surface area contributed by atoms with Crippen LogP contribution in [0.15, 0.2) is 24.3 Å². The SMILES string of the molecule is CCc1ccc(CN2CCCCC2=N)cc1. The van der Waals surface area contributed by atoms with Gasteiger partial charge in [0.05, 0.1) is 5.84 Å². The number of likely N-dealkylation sites (tertiary alicyclic amines) is 1. The molecule has 1 aliphatic heterocycles. The Morgan fingerprint density at radius 3 is 2.44 bits per heavy atom. The maximum atomic E-state index is 7.90. The lowest BCUT2D eigenvalue weighted by Gasteiger charge is -2.29. The summed E-state index contributed by atoms with van der Waals surface area (Å²) < 4.78 is 0. The van der Waals surface area contributed by atoms with Gasteiger partial charge in [0.15, 0.2) is 0 Å². The molecule has 1 aromatic rings. The van der Waals surface area contributed by atoms with Crippen molar-refractivity contribution in [1.29, 1.82) is 5.41 Å². The second-order valence-corrected chi connectivity index (χ2v) is 4.50. The smallest absolute Gasteiger partial charge is 0.0960 e. The van der Waals surface area contributed by atoms with Gasteiger partial charge in [0.2, 0.25) is 0 Å². The summed E-state index contributed by atoms with van der Waals surface area (Å²) in [5.74, 6) is 0.811. The van der Waals surface area contributed by atoms with E-state index in [2.05, 4.69) is 36.1 Å². The molecule has 86 valence electrons. The van der Waals surface area contributed by atoms with Crippen molar-refractivity contribution in [3.05, 3.63) is 35.4 Å². The van der Waals surface area contributed by atoms with Crippen LogP contribution in [0.3, 0.4) is 0 Å². The molecule has 0 amide bonds. The number of nitrogens with zero attached hydrogens (tertiary/aromatic N) is 1. The third kappa shape index (κ3) is 2.63. The predicted octanol–water partition coefficient (Wildman–Crippen LogP) is 3.21. The van der Waals surface area contributed by atoms with E-state index in [1.807, 2.05) is 0 Å². The van der Waals surface area contributed by atoms with E-state index in [-0.39, 0.29) is 0 Å². The third-order valence-corrected chi connectivity index (χ3v) is 3.28. The van der Waals surface area contributed by atoms with E-state index in [4.69, 9.17) is 5.41 Å². The largest absolute Gasteiger partial charge is 0.356 e. The van der Waals surface area contributed by atoms with Crippen molar-refractivity contribution in [1.82, 2.24) is 4.90 Å². The zero-order chi connectivity index (χ0) is 11.4. The molecule has 16 heavy (non-hydrogen) atoms. The standard InChI is InChI=1S/C14H20N2/c1-2-12-6-8-13(9-7-12)11-16-10-4-3-5-14(16)15/h6-9,15H,2-5,10-11H2,1H3. The number of hydrogen-bond donors (Lipinski definition) is 1. The molecule has 0 atom stereocenters. The topological polar surface area (TPSA) is 27.1 Å². The molecule has 0 saturated carbocycles. The van der Waals surface area contributed by atoms with Gasteiger partial charge in [0, 0.05) is 19.5 Å². The molecule has 1 aromatic carbocycles. The van der Waals surface area contributed by atoms with E-state index in [1.54, 1.807) is 0 Å². The molecule has 0 aromatic heterocycles. The highest BCUT2D eigenvalue weighted by atomic mass is 15.2. The first-order valence-corrected chi connectivity index (χ1v) is 6.20. The lowest BCUT2D eigenvalue weighted by molar-refractivity contribution is 0.361. The van der Waals surface area contributed by atoms with E-state index in [0.29, 0.717) is 0 Å². The number of nitrogens with one attached hydrogen (secondary N) is 1. The van der Waals surface area contributed by atoms with Gasteiger partial charge in [0.1, 0.15) is 0 Å². The summed E-state index contributed by atoms with van der Waals surface area (Å²) in [5.41, 5.74) is 2.71. The van der Waals surface area contributed by atoms with Crippen LogP contribution < -0.4 is 0 Å². The van der Waals surface area contributed by atoms with Gasteiger partial charge >= 0.3 is 0 Å². The predicted molar refractivity (Wildman–Crippen MR) is 67.8 cm³/mol. The molecule has 1 N–H and O–H groups in total. The highest BCUT2D eigenvalue weighted by Gasteiger charge is 2.14. The summed E-state index contributed by atoms with van der Waals surface area (Å²) in [4.78, 5) is 2.20. The molecule has 1 heterocycles. The van der Waals surface area contributed by atoms with Gasteiger partial charge in [-0.05, 0) is 30.4 Å². The summed E-state index contributed by atoms with van der Waals surface area (Å²) in [6.45, 7) is 4.13. The molecule has 2 rings (SSSR count). The first-order chi connectivity index (χ1) is 7.79. The number of piperidine rings is 1. The zero-order valence-corrected chi connectivity index (χ0v) is 10.00. The van der Waals surface area contributed by atoms with Crippen molar-refractivity contribution < 1.29 is 0 Å². The number of rotatable bonds is 3. The number of benzene rings is 1. The Bertz CT molecular complexity index is 354. The van der Waals surface area contributed by atoms with E-state index in [0.717, 1.165) is 31.8 Å². The van der Waals surface area contributed by atoms with Gasteiger partial charge in [-0.1, -0.05) is 31.2 Å². The average Bonchev–Trinajstić information content (AvgIpc) is 2.33. The minimum absolute atomic E-state index is 0.811. The van der Waals surface area contributed by atoms with Crippen molar-refractivity contribution >= 4 is 5.84 Å². The van der Waals surface area contributed by atoms with E-state index in [1.165, 1.54) is 24.0 Å². The second-order valence-electron chi connectivity index (χ2n) is 4.50. The summed E-state index contributed by atoms with van der Waals surface area (Å²) >= 11 is 0. The maximum absolute atomic E-state index is 7.90. The van der Waals surface area contributed by atoms with Gasteiger partial charge in [-0.25, -0.2) is 0 Å². The Kier molecular flexibility index (Phi) is 3.60. The van der Waals surface area contributed by atoms with E-state index >= 15 is 0 Å². The van der Waals surface area contributed by atoms with Crippen LogP contribution in [-0.2, 0) is 13.0 Å². The minimum Gasteiger partial charge on any atom is -0.356 e. The lowest BCUT2D eigenvalue weighted by atomic mass is 10.1. The fourth-order valence-electron chi connectivity index (χ4n) is 2.16. The fourth-order valence-corrected chi connectivity index (χ4v) is 2.16.